The summed E-state index contributed by atoms with van der Waals surface area (Å²) in [6.45, 7) is 4.25. The molecule has 0 aliphatic heterocycles. The minimum Gasteiger partial charge on any atom is -0.379 e. The van der Waals surface area contributed by atoms with Gasteiger partial charge in [-0.3, -0.25) is 0 Å². The molecule has 0 aromatic heterocycles. The van der Waals surface area contributed by atoms with Crippen molar-refractivity contribution >= 4 is 0 Å². The molecule has 88 valence electrons. The van der Waals surface area contributed by atoms with E-state index in [-0.39, 0.29) is 12.1 Å². The normalized spacial score (nSPS) is 19.5. The van der Waals surface area contributed by atoms with Crippen molar-refractivity contribution in [3.63, 3.8) is 0 Å². The number of hydrogen-bond acceptors (Lipinski definition) is 2. The third-order valence-corrected chi connectivity index (χ3v) is 3.63. The monoisotopic (exact) mass is 219 g/mol. The molecule has 1 fully saturated rings. The van der Waals surface area contributed by atoms with Crippen LogP contribution in [0.4, 0.5) is 0 Å². The Balaban J connectivity index is 2.18. The Bertz CT molecular complexity index is 371. The maximum atomic E-state index is 6.28. The molecular weight excluding hydrogens is 198 g/mol. The van der Waals surface area contributed by atoms with Crippen LogP contribution in [-0.4, -0.2) is 13.2 Å². The number of benzene rings is 1. The zero-order chi connectivity index (χ0) is 11.7. The molecule has 0 spiro atoms. The smallest absolute Gasteiger partial charge is 0.0791 e. The Morgan fingerprint density at radius 2 is 1.94 bits per heavy atom. The van der Waals surface area contributed by atoms with E-state index in [0.717, 1.165) is 0 Å². The molecule has 1 aliphatic carbocycles. The molecule has 2 heteroatoms. The van der Waals surface area contributed by atoms with E-state index in [9.17, 15) is 0 Å². The molecule has 0 bridgehead atoms. The van der Waals surface area contributed by atoms with Crippen LogP contribution >= 0.6 is 0 Å². The van der Waals surface area contributed by atoms with Gasteiger partial charge in [0.05, 0.1) is 12.1 Å². The molecule has 1 aliphatic rings. The Kier molecular flexibility index (Phi) is 3.31. The number of ether oxygens (including phenoxy) is 1. The van der Waals surface area contributed by atoms with Gasteiger partial charge in [0, 0.05) is 7.11 Å². The quantitative estimate of drug-likeness (QED) is 0.845. The lowest BCUT2D eigenvalue weighted by Crippen LogP contribution is -2.29. The highest BCUT2D eigenvalue weighted by Crippen LogP contribution is 2.39. The van der Waals surface area contributed by atoms with Crippen molar-refractivity contribution in [3.05, 3.63) is 34.9 Å². The maximum absolute atomic E-state index is 6.28. The van der Waals surface area contributed by atoms with Gasteiger partial charge in [-0.05, 0) is 49.3 Å². The largest absolute Gasteiger partial charge is 0.379 e. The molecular formula is C14H21NO. The standard InChI is InChI=1S/C14H21NO/c1-9-4-5-12(8-10(9)2)13(15)14(16-3)11-6-7-11/h4-5,8,11,13-14H,6-7,15H2,1-3H3. The van der Waals surface area contributed by atoms with Crippen LogP contribution in [0.15, 0.2) is 18.2 Å². The first kappa shape index (κ1) is 11.6. The van der Waals surface area contributed by atoms with Gasteiger partial charge >= 0.3 is 0 Å². The summed E-state index contributed by atoms with van der Waals surface area (Å²) < 4.78 is 5.54. The second kappa shape index (κ2) is 4.56. The molecule has 0 heterocycles. The van der Waals surface area contributed by atoms with Gasteiger partial charge in [-0.2, -0.15) is 0 Å². The molecule has 2 unspecified atom stereocenters. The Morgan fingerprint density at radius 1 is 1.25 bits per heavy atom. The van der Waals surface area contributed by atoms with Crippen LogP contribution in [0.3, 0.4) is 0 Å². The van der Waals surface area contributed by atoms with Crippen LogP contribution in [0.5, 0.6) is 0 Å². The van der Waals surface area contributed by atoms with Crippen molar-refractivity contribution in [2.75, 3.05) is 7.11 Å². The van der Waals surface area contributed by atoms with Gasteiger partial charge in [-0.25, -0.2) is 0 Å². The fourth-order valence-electron chi connectivity index (χ4n) is 2.22. The summed E-state index contributed by atoms with van der Waals surface area (Å²) in [5.41, 5.74) is 10.1. The third-order valence-electron chi connectivity index (χ3n) is 3.63. The number of hydrogen-bond donors (Lipinski definition) is 1. The van der Waals surface area contributed by atoms with Gasteiger partial charge in [-0.1, -0.05) is 18.2 Å². The van der Waals surface area contributed by atoms with Crippen molar-refractivity contribution in [1.82, 2.24) is 0 Å². The first-order chi connectivity index (χ1) is 7.63. The van der Waals surface area contributed by atoms with E-state index in [4.69, 9.17) is 10.5 Å². The van der Waals surface area contributed by atoms with Crippen molar-refractivity contribution in [2.24, 2.45) is 11.7 Å². The minimum atomic E-state index is 0.0109. The average Bonchev–Trinajstić information content (AvgIpc) is 3.07. The van der Waals surface area contributed by atoms with E-state index in [2.05, 4.69) is 32.0 Å². The van der Waals surface area contributed by atoms with Crippen molar-refractivity contribution in [3.8, 4) is 0 Å². The number of nitrogens with two attached hydrogens (primary N) is 1. The third kappa shape index (κ3) is 2.28. The van der Waals surface area contributed by atoms with Crippen molar-refractivity contribution in [1.29, 1.82) is 0 Å². The summed E-state index contributed by atoms with van der Waals surface area (Å²) in [4.78, 5) is 0. The van der Waals surface area contributed by atoms with Crippen LogP contribution in [0.2, 0.25) is 0 Å². The summed E-state index contributed by atoms with van der Waals surface area (Å²) in [6.07, 6.45) is 2.70. The molecule has 0 radical (unpaired) electrons. The summed E-state index contributed by atoms with van der Waals surface area (Å²) >= 11 is 0. The SMILES string of the molecule is COC(C1CC1)C(N)c1ccc(C)c(C)c1. The van der Waals surface area contributed by atoms with Gasteiger partial charge < -0.3 is 10.5 Å². The van der Waals surface area contributed by atoms with E-state index in [1.807, 2.05) is 0 Å². The van der Waals surface area contributed by atoms with Crippen LogP contribution in [0.1, 0.15) is 35.6 Å². The van der Waals surface area contributed by atoms with Crippen LogP contribution in [-0.2, 0) is 4.74 Å². The molecule has 2 nitrogen and oxygen atoms in total. The maximum Gasteiger partial charge on any atom is 0.0791 e. The lowest BCUT2D eigenvalue weighted by Gasteiger charge is -2.23. The van der Waals surface area contributed by atoms with Crippen LogP contribution in [0, 0.1) is 19.8 Å². The Morgan fingerprint density at radius 3 is 2.44 bits per heavy atom. The molecule has 1 saturated carbocycles. The van der Waals surface area contributed by atoms with Crippen LogP contribution in [0.25, 0.3) is 0 Å². The molecule has 2 rings (SSSR count). The van der Waals surface area contributed by atoms with E-state index in [1.54, 1.807) is 7.11 Å². The lowest BCUT2D eigenvalue weighted by atomic mass is 9.96. The molecule has 16 heavy (non-hydrogen) atoms. The first-order valence-corrected chi connectivity index (χ1v) is 5.99. The summed E-state index contributed by atoms with van der Waals surface area (Å²) in [7, 11) is 1.77. The fraction of sp³-hybridized carbons (Fsp3) is 0.571. The summed E-state index contributed by atoms with van der Waals surface area (Å²) in [6, 6.07) is 6.47. The second-order valence-corrected chi connectivity index (χ2v) is 4.91. The molecule has 2 N–H and O–H groups in total. The van der Waals surface area contributed by atoms with E-state index >= 15 is 0 Å². The van der Waals surface area contributed by atoms with Gasteiger partial charge in [0.1, 0.15) is 0 Å². The number of rotatable bonds is 4. The molecule has 0 amide bonds. The number of methoxy groups -OCH3 is 1. The molecule has 1 aromatic rings. The zero-order valence-corrected chi connectivity index (χ0v) is 10.4. The van der Waals surface area contributed by atoms with E-state index in [0.29, 0.717) is 5.92 Å². The zero-order valence-electron chi connectivity index (χ0n) is 10.4. The average molecular weight is 219 g/mol. The van der Waals surface area contributed by atoms with Gasteiger partial charge in [0.2, 0.25) is 0 Å². The molecule has 1 aromatic carbocycles. The highest BCUT2D eigenvalue weighted by atomic mass is 16.5. The Labute approximate surface area is 97.8 Å². The van der Waals surface area contributed by atoms with Crippen LogP contribution < -0.4 is 5.73 Å². The highest BCUT2D eigenvalue weighted by molar-refractivity contribution is 5.32. The highest BCUT2D eigenvalue weighted by Gasteiger charge is 2.35. The minimum absolute atomic E-state index is 0.0109. The lowest BCUT2D eigenvalue weighted by molar-refractivity contribution is 0.0624. The van der Waals surface area contributed by atoms with Gasteiger partial charge in [-0.15, -0.1) is 0 Å². The van der Waals surface area contributed by atoms with E-state index < -0.39 is 0 Å². The van der Waals surface area contributed by atoms with Crippen molar-refractivity contribution in [2.45, 2.75) is 38.8 Å². The number of aryl methyl sites for hydroxylation is 2. The predicted octanol–water partition coefficient (Wildman–Crippen LogP) is 2.73. The first-order valence-electron chi connectivity index (χ1n) is 5.99. The van der Waals surface area contributed by atoms with E-state index in [1.165, 1.54) is 29.5 Å². The molecule has 2 atom stereocenters. The van der Waals surface area contributed by atoms with Gasteiger partial charge in [0.15, 0.2) is 0 Å². The molecule has 0 saturated heterocycles. The van der Waals surface area contributed by atoms with Gasteiger partial charge in [0.25, 0.3) is 0 Å². The van der Waals surface area contributed by atoms with Crippen molar-refractivity contribution < 1.29 is 4.74 Å². The fourth-order valence-corrected chi connectivity index (χ4v) is 2.22. The second-order valence-electron chi connectivity index (χ2n) is 4.91. The summed E-state index contributed by atoms with van der Waals surface area (Å²) in [5, 5.41) is 0. The Hall–Kier alpha value is -0.860. The topological polar surface area (TPSA) is 35.2 Å². The predicted molar refractivity (Wildman–Crippen MR) is 66.4 cm³/mol. The summed E-state index contributed by atoms with van der Waals surface area (Å²) in [5.74, 6) is 0.668.